The average Bonchev–Trinajstić information content (AvgIpc) is 2.96. The molecular weight excluding hydrogens is 252 g/mol. The van der Waals surface area contributed by atoms with E-state index in [2.05, 4.69) is 31.6 Å². The van der Waals surface area contributed by atoms with Crippen LogP contribution in [-0.4, -0.2) is 24.8 Å². The van der Waals surface area contributed by atoms with Gasteiger partial charge in [-0.05, 0) is 59.8 Å². The molecule has 0 aromatic rings. The number of hydrogen-bond acceptors (Lipinski definition) is 3. The first-order chi connectivity index (χ1) is 9.35. The van der Waals surface area contributed by atoms with Crippen LogP contribution < -0.4 is 0 Å². The van der Waals surface area contributed by atoms with Gasteiger partial charge in [0.1, 0.15) is 0 Å². The van der Waals surface area contributed by atoms with Crippen LogP contribution in [0.3, 0.4) is 0 Å². The number of ether oxygens (including phenoxy) is 2. The SMILES string of the molecule is COC(=O)/C=C(\C)CC/C=C(\C)CCCC1OC1(C)C. The lowest BCUT2D eigenvalue weighted by Gasteiger charge is -2.02. The molecule has 114 valence electrons. The Hall–Kier alpha value is -1.09. The molecule has 1 saturated heterocycles. The van der Waals surface area contributed by atoms with Crippen molar-refractivity contribution >= 4 is 5.97 Å². The topological polar surface area (TPSA) is 38.8 Å². The molecule has 1 rings (SSSR count). The highest BCUT2D eigenvalue weighted by atomic mass is 16.6. The minimum absolute atomic E-state index is 0.118. The first-order valence-electron chi connectivity index (χ1n) is 7.43. The zero-order chi connectivity index (χ0) is 15.2. The van der Waals surface area contributed by atoms with Crippen molar-refractivity contribution in [2.75, 3.05) is 7.11 Å². The first kappa shape index (κ1) is 17.0. The molecule has 0 amide bonds. The molecule has 0 N–H and O–H groups in total. The van der Waals surface area contributed by atoms with E-state index in [1.165, 1.54) is 19.1 Å². The van der Waals surface area contributed by atoms with Crippen LogP contribution in [0.25, 0.3) is 0 Å². The van der Waals surface area contributed by atoms with E-state index in [-0.39, 0.29) is 11.6 Å². The Bertz CT molecular complexity index is 391. The van der Waals surface area contributed by atoms with Crippen LogP contribution in [0, 0.1) is 0 Å². The van der Waals surface area contributed by atoms with E-state index in [1.54, 1.807) is 6.08 Å². The summed E-state index contributed by atoms with van der Waals surface area (Å²) in [5.41, 5.74) is 2.61. The zero-order valence-electron chi connectivity index (χ0n) is 13.5. The van der Waals surface area contributed by atoms with Gasteiger partial charge >= 0.3 is 5.97 Å². The smallest absolute Gasteiger partial charge is 0.330 e. The summed E-state index contributed by atoms with van der Waals surface area (Å²) in [5.74, 6) is -0.268. The van der Waals surface area contributed by atoms with Crippen molar-refractivity contribution in [2.24, 2.45) is 0 Å². The van der Waals surface area contributed by atoms with E-state index in [9.17, 15) is 4.79 Å². The van der Waals surface area contributed by atoms with Crippen molar-refractivity contribution in [2.45, 2.75) is 71.5 Å². The van der Waals surface area contributed by atoms with Gasteiger partial charge in [0, 0.05) is 6.08 Å². The molecule has 0 aromatic heterocycles. The first-order valence-corrected chi connectivity index (χ1v) is 7.43. The lowest BCUT2D eigenvalue weighted by atomic mass is 10.0. The molecule has 20 heavy (non-hydrogen) atoms. The molecule has 1 heterocycles. The number of carbonyl (C=O) groups excluding carboxylic acids is 1. The summed E-state index contributed by atoms with van der Waals surface area (Å²) in [6.45, 7) is 8.44. The fourth-order valence-corrected chi connectivity index (χ4v) is 2.29. The third-order valence-electron chi connectivity index (χ3n) is 3.80. The van der Waals surface area contributed by atoms with E-state index in [4.69, 9.17) is 4.74 Å². The highest BCUT2D eigenvalue weighted by Crippen LogP contribution is 2.38. The summed E-state index contributed by atoms with van der Waals surface area (Å²) >= 11 is 0. The van der Waals surface area contributed by atoms with Gasteiger partial charge in [-0.25, -0.2) is 4.79 Å². The maximum absolute atomic E-state index is 11.1. The van der Waals surface area contributed by atoms with Gasteiger partial charge in [-0.3, -0.25) is 0 Å². The number of epoxide rings is 1. The van der Waals surface area contributed by atoms with E-state index >= 15 is 0 Å². The molecular formula is C17H28O3. The Kier molecular flexibility index (Phi) is 6.47. The lowest BCUT2D eigenvalue weighted by molar-refractivity contribution is -0.134. The maximum Gasteiger partial charge on any atom is 0.330 e. The predicted molar refractivity (Wildman–Crippen MR) is 81.6 cm³/mol. The predicted octanol–water partition coefficient (Wildman–Crippen LogP) is 4.18. The summed E-state index contributed by atoms with van der Waals surface area (Å²) in [5, 5.41) is 0. The van der Waals surface area contributed by atoms with Crippen molar-refractivity contribution in [3.8, 4) is 0 Å². The summed E-state index contributed by atoms with van der Waals surface area (Å²) in [4.78, 5) is 11.1. The monoisotopic (exact) mass is 280 g/mol. The van der Waals surface area contributed by atoms with E-state index in [1.807, 2.05) is 6.92 Å². The van der Waals surface area contributed by atoms with Gasteiger partial charge in [0.25, 0.3) is 0 Å². The summed E-state index contributed by atoms with van der Waals surface area (Å²) in [7, 11) is 1.40. The molecule has 0 radical (unpaired) electrons. The molecule has 0 bridgehead atoms. The zero-order valence-corrected chi connectivity index (χ0v) is 13.5. The van der Waals surface area contributed by atoms with Crippen molar-refractivity contribution in [1.82, 2.24) is 0 Å². The number of hydrogen-bond donors (Lipinski definition) is 0. The Morgan fingerprint density at radius 3 is 2.45 bits per heavy atom. The second-order valence-electron chi connectivity index (χ2n) is 6.21. The molecule has 0 saturated carbocycles. The normalized spacial score (nSPS) is 21.8. The van der Waals surface area contributed by atoms with Crippen LogP contribution in [0.15, 0.2) is 23.3 Å². The Morgan fingerprint density at radius 1 is 1.25 bits per heavy atom. The van der Waals surface area contributed by atoms with E-state index in [0.29, 0.717) is 6.10 Å². The van der Waals surface area contributed by atoms with Crippen LogP contribution in [0.5, 0.6) is 0 Å². The van der Waals surface area contributed by atoms with Crippen LogP contribution in [0.1, 0.15) is 59.8 Å². The van der Waals surface area contributed by atoms with Gasteiger partial charge in [-0.1, -0.05) is 17.2 Å². The molecule has 1 aliphatic heterocycles. The Balaban J connectivity index is 2.15. The highest BCUT2D eigenvalue weighted by Gasteiger charge is 2.46. The number of esters is 1. The number of allylic oxidation sites excluding steroid dienone is 3. The van der Waals surface area contributed by atoms with Gasteiger partial charge < -0.3 is 9.47 Å². The number of rotatable bonds is 8. The molecule has 0 aliphatic carbocycles. The summed E-state index contributed by atoms with van der Waals surface area (Å²) in [6, 6.07) is 0. The number of carbonyl (C=O) groups is 1. The average molecular weight is 280 g/mol. The van der Waals surface area contributed by atoms with E-state index < -0.39 is 0 Å². The summed E-state index contributed by atoms with van der Waals surface area (Å²) in [6.07, 6.45) is 9.66. The second-order valence-corrected chi connectivity index (χ2v) is 6.21. The van der Waals surface area contributed by atoms with Gasteiger partial charge in [-0.15, -0.1) is 0 Å². The second kappa shape index (κ2) is 7.63. The molecule has 3 heteroatoms. The molecule has 1 fully saturated rings. The maximum atomic E-state index is 11.1. The largest absolute Gasteiger partial charge is 0.466 e. The highest BCUT2D eigenvalue weighted by molar-refractivity contribution is 5.82. The third-order valence-corrected chi connectivity index (χ3v) is 3.80. The van der Waals surface area contributed by atoms with Gasteiger partial charge in [0.05, 0.1) is 18.8 Å². The third kappa shape index (κ3) is 6.38. The van der Waals surface area contributed by atoms with Crippen LogP contribution >= 0.6 is 0 Å². The quantitative estimate of drug-likeness (QED) is 0.290. The standard InChI is InChI=1S/C17H28O3/c1-13(9-7-11-15-17(3,4)20-15)8-6-10-14(2)12-16(18)19-5/h8,12,15H,6-7,9-11H2,1-5H3/b13-8+,14-12+. The van der Waals surface area contributed by atoms with Crippen molar-refractivity contribution in [3.63, 3.8) is 0 Å². The summed E-state index contributed by atoms with van der Waals surface area (Å²) < 4.78 is 10.2. The van der Waals surface area contributed by atoms with Crippen LogP contribution in [-0.2, 0) is 14.3 Å². The Morgan fingerprint density at radius 2 is 1.90 bits per heavy atom. The lowest BCUT2D eigenvalue weighted by Crippen LogP contribution is -2.02. The van der Waals surface area contributed by atoms with Gasteiger partial charge in [-0.2, -0.15) is 0 Å². The molecule has 3 nitrogen and oxygen atoms in total. The molecule has 1 atom stereocenters. The fraction of sp³-hybridized carbons (Fsp3) is 0.706. The number of methoxy groups -OCH3 is 1. The minimum Gasteiger partial charge on any atom is -0.466 e. The molecule has 0 aromatic carbocycles. The van der Waals surface area contributed by atoms with Crippen molar-refractivity contribution < 1.29 is 14.3 Å². The van der Waals surface area contributed by atoms with E-state index in [0.717, 1.165) is 31.3 Å². The fourth-order valence-electron chi connectivity index (χ4n) is 2.29. The molecule has 0 spiro atoms. The minimum atomic E-state index is -0.268. The Labute approximate surface area is 123 Å². The van der Waals surface area contributed by atoms with Crippen molar-refractivity contribution in [3.05, 3.63) is 23.3 Å². The van der Waals surface area contributed by atoms with Gasteiger partial charge in [0.2, 0.25) is 0 Å². The van der Waals surface area contributed by atoms with Crippen LogP contribution in [0.2, 0.25) is 0 Å². The molecule has 1 aliphatic rings. The van der Waals surface area contributed by atoms with Crippen molar-refractivity contribution in [1.29, 1.82) is 0 Å². The molecule has 1 unspecified atom stereocenters. The van der Waals surface area contributed by atoms with Gasteiger partial charge in [0.15, 0.2) is 0 Å². The van der Waals surface area contributed by atoms with Crippen LogP contribution in [0.4, 0.5) is 0 Å².